The summed E-state index contributed by atoms with van der Waals surface area (Å²) in [5, 5.41) is 14.4. The molecule has 0 saturated heterocycles. The molecule has 92 valence electrons. The van der Waals surface area contributed by atoms with Gasteiger partial charge >= 0.3 is 0 Å². The number of hydrogen-bond acceptors (Lipinski definition) is 4. The lowest BCUT2D eigenvalue weighted by molar-refractivity contribution is 0.172. The summed E-state index contributed by atoms with van der Waals surface area (Å²) in [7, 11) is 1.55. The van der Waals surface area contributed by atoms with E-state index < -0.39 is 6.10 Å². The van der Waals surface area contributed by atoms with E-state index in [2.05, 4.69) is 21.0 Å². The minimum absolute atomic E-state index is 0.449. The third kappa shape index (κ3) is 2.23. The van der Waals surface area contributed by atoms with Crippen molar-refractivity contribution in [3.05, 3.63) is 34.5 Å². The molecule has 0 saturated carbocycles. The number of nitrogens with zero attached hydrogens (tertiary/aromatic N) is 2. The zero-order valence-corrected chi connectivity index (χ0v) is 11.1. The molecule has 6 heteroatoms. The summed E-state index contributed by atoms with van der Waals surface area (Å²) in [6.45, 7) is 2.60. The van der Waals surface area contributed by atoms with Crippen LogP contribution in [0.25, 0.3) is 0 Å². The van der Waals surface area contributed by atoms with Crippen LogP contribution in [0, 0.1) is 0 Å². The molecule has 0 bridgehead atoms. The minimum Gasteiger partial charge on any atom is -0.493 e. The molecule has 0 amide bonds. The fraction of sp³-hybridized carbons (Fsp3) is 0.364. The van der Waals surface area contributed by atoms with Gasteiger partial charge in [0, 0.05) is 6.54 Å². The smallest absolute Gasteiger partial charge is 0.169 e. The summed E-state index contributed by atoms with van der Waals surface area (Å²) in [6, 6.07) is 3.44. The van der Waals surface area contributed by atoms with Crippen LogP contribution in [0.3, 0.4) is 0 Å². The molecule has 2 aromatic heterocycles. The van der Waals surface area contributed by atoms with E-state index >= 15 is 0 Å². The Balaban J connectivity index is 2.41. The van der Waals surface area contributed by atoms with Crippen LogP contribution in [0.4, 0.5) is 0 Å². The molecule has 0 aliphatic heterocycles. The normalized spacial score (nSPS) is 12.7. The molecule has 2 rings (SSSR count). The van der Waals surface area contributed by atoms with Crippen molar-refractivity contribution in [1.29, 1.82) is 0 Å². The van der Waals surface area contributed by atoms with Crippen LogP contribution in [0.5, 0.6) is 5.75 Å². The van der Waals surface area contributed by atoms with Crippen LogP contribution >= 0.6 is 15.9 Å². The molecule has 1 unspecified atom stereocenters. The Labute approximate surface area is 107 Å². The minimum atomic E-state index is -0.890. The molecule has 1 N–H and O–H groups in total. The molecule has 0 radical (unpaired) electrons. The second-order valence-electron chi connectivity index (χ2n) is 3.46. The van der Waals surface area contributed by atoms with Gasteiger partial charge in [-0.1, -0.05) is 0 Å². The Bertz CT molecular complexity index is 485. The van der Waals surface area contributed by atoms with Gasteiger partial charge in [-0.2, -0.15) is 5.10 Å². The zero-order valence-electron chi connectivity index (χ0n) is 9.55. The average Bonchev–Trinajstić information content (AvgIpc) is 2.93. The number of aromatic nitrogens is 2. The first-order valence-electron chi connectivity index (χ1n) is 5.20. The molecule has 1 atom stereocenters. The van der Waals surface area contributed by atoms with Crippen LogP contribution < -0.4 is 4.74 Å². The number of aryl methyl sites for hydroxylation is 1. The van der Waals surface area contributed by atoms with Crippen molar-refractivity contribution in [2.24, 2.45) is 0 Å². The second kappa shape index (κ2) is 4.93. The van der Waals surface area contributed by atoms with Crippen LogP contribution in [0.1, 0.15) is 24.5 Å². The molecule has 2 heterocycles. The Morgan fingerprint density at radius 1 is 1.59 bits per heavy atom. The topological polar surface area (TPSA) is 60.4 Å². The Hall–Kier alpha value is -1.27. The molecule has 5 nitrogen and oxygen atoms in total. The van der Waals surface area contributed by atoms with Crippen molar-refractivity contribution in [1.82, 2.24) is 9.78 Å². The summed E-state index contributed by atoms with van der Waals surface area (Å²) < 4.78 is 12.8. The first kappa shape index (κ1) is 12.2. The summed E-state index contributed by atoms with van der Waals surface area (Å²) in [5.41, 5.74) is 0.594. The zero-order chi connectivity index (χ0) is 12.4. The number of halogens is 1. The van der Waals surface area contributed by atoms with Gasteiger partial charge in [0.2, 0.25) is 0 Å². The maximum absolute atomic E-state index is 10.3. The van der Waals surface area contributed by atoms with Crippen LogP contribution in [-0.2, 0) is 6.54 Å². The van der Waals surface area contributed by atoms with E-state index in [1.165, 1.54) is 0 Å². The van der Waals surface area contributed by atoms with Gasteiger partial charge in [0.15, 0.2) is 16.5 Å². The third-order valence-corrected chi connectivity index (χ3v) is 2.91. The van der Waals surface area contributed by atoms with Gasteiger partial charge in [-0.25, -0.2) is 0 Å². The summed E-state index contributed by atoms with van der Waals surface area (Å²) in [6.07, 6.45) is 0.693. The lowest BCUT2D eigenvalue weighted by atomic mass is 10.2. The van der Waals surface area contributed by atoms with E-state index in [1.807, 2.05) is 6.92 Å². The standard InChI is InChI=1S/C11H13BrN2O3/c1-3-14-10(8(16-2)6-13-14)11(15)7-4-5-9(12)17-7/h4-6,11,15H,3H2,1-2H3. The quantitative estimate of drug-likeness (QED) is 0.941. The summed E-state index contributed by atoms with van der Waals surface area (Å²) in [5.74, 6) is 0.997. The van der Waals surface area contributed by atoms with E-state index in [4.69, 9.17) is 9.15 Å². The Morgan fingerprint density at radius 2 is 2.35 bits per heavy atom. The fourth-order valence-electron chi connectivity index (χ4n) is 1.67. The molecule has 0 spiro atoms. The highest BCUT2D eigenvalue weighted by atomic mass is 79.9. The van der Waals surface area contributed by atoms with Crippen molar-refractivity contribution in [3.63, 3.8) is 0 Å². The van der Waals surface area contributed by atoms with Crippen LogP contribution in [-0.4, -0.2) is 22.0 Å². The highest BCUT2D eigenvalue weighted by Gasteiger charge is 2.23. The maximum atomic E-state index is 10.3. The van der Waals surface area contributed by atoms with Gasteiger partial charge in [0.05, 0.1) is 13.3 Å². The second-order valence-corrected chi connectivity index (χ2v) is 4.24. The van der Waals surface area contributed by atoms with Gasteiger partial charge in [-0.3, -0.25) is 4.68 Å². The fourth-order valence-corrected chi connectivity index (χ4v) is 1.99. The van der Waals surface area contributed by atoms with E-state index in [1.54, 1.807) is 30.1 Å². The van der Waals surface area contributed by atoms with Crippen LogP contribution in [0.2, 0.25) is 0 Å². The van der Waals surface area contributed by atoms with Gasteiger partial charge in [-0.15, -0.1) is 0 Å². The number of furan rings is 1. The van der Waals surface area contributed by atoms with Crippen molar-refractivity contribution < 1.29 is 14.3 Å². The van der Waals surface area contributed by atoms with Crippen molar-refractivity contribution in [3.8, 4) is 5.75 Å². The van der Waals surface area contributed by atoms with E-state index in [0.717, 1.165) is 0 Å². The lowest BCUT2D eigenvalue weighted by Gasteiger charge is -2.11. The maximum Gasteiger partial charge on any atom is 0.169 e. The lowest BCUT2D eigenvalue weighted by Crippen LogP contribution is -2.09. The predicted molar refractivity (Wildman–Crippen MR) is 64.9 cm³/mol. The average molecular weight is 301 g/mol. The van der Waals surface area contributed by atoms with Gasteiger partial charge in [0.25, 0.3) is 0 Å². The van der Waals surface area contributed by atoms with Crippen molar-refractivity contribution >= 4 is 15.9 Å². The monoisotopic (exact) mass is 300 g/mol. The SMILES string of the molecule is CCn1ncc(OC)c1C(O)c1ccc(Br)o1. The number of aliphatic hydroxyl groups is 1. The van der Waals surface area contributed by atoms with Gasteiger partial charge in [0.1, 0.15) is 11.5 Å². The molecule has 0 aliphatic carbocycles. The van der Waals surface area contributed by atoms with Crippen LogP contribution in [0.15, 0.2) is 27.4 Å². The van der Waals surface area contributed by atoms with E-state index in [9.17, 15) is 5.11 Å². The molecule has 2 aromatic rings. The first-order chi connectivity index (χ1) is 8.17. The first-order valence-corrected chi connectivity index (χ1v) is 5.99. The predicted octanol–water partition coefficient (Wildman–Crippen LogP) is 2.35. The Kier molecular flexibility index (Phi) is 3.54. The number of ether oxygens (including phenoxy) is 1. The molecule has 17 heavy (non-hydrogen) atoms. The highest BCUT2D eigenvalue weighted by Crippen LogP contribution is 2.31. The number of rotatable bonds is 4. The number of hydrogen-bond donors (Lipinski definition) is 1. The molecule has 0 aliphatic rings. The van der Waals surface area contributed by atoms with Gasteiger partial charge in [-0.05, 0) is 35.0 Å². The molecular weight excluding hydrogens is 288 g/mol. The highest BCUT2D eigenvalue weighted by molar-refractivity contribution is 9.10. The third-order valence-electron chi connectivity index (χ3n) is 2.49. The Morgan fingerprint density at radius 3 is 2.88 bits per heavy atom. The van der Waals surface area contributed by atoms with Crippen molar-refractivity contribution in [2.75, 3.05) is 7.11 Å². The molecule has 0 aromatic carbocycles. The summed E-state index contributed by atoms with van der Waals surface area (Å²) >= 11 is 3.20. The van der Waals surface area contributed by atoms with E-state index in [0.29, 0.717) is 28.4 Å². The molecular formula is C11H13BrN2O3. The number of methoxy groups -OCH3 is 1. The van der Waals surface area contributed by atoms with Crippen molar-refractivity contribution in [2.45, 2.75) is 19.6 Å². The number of aliphatic hydroxyl groups excluding tert-OH is 1. The van der Waals surface area contributed by atoms with Gasteiger partial charge < -0.3 is 14.3 Å². The largest absolute Gasteiger partial charge is 0.493 e. The molecule has 0 fully saturated rings. The summed E-state index contributed by atoms with van der Waals surface area (Å²) in [4.78, 5) is 0. The van der Waals surface area contributed by atoms with E-state index in [-0.39, 0.29) is 0 Å².